The van der Waals surface area contributed by atoms with Gasteiger partial charge in [-0.25, -0.2) is 4.98 Å². The molecule has 2 heterocycles. The van der Waals surface area contributed by atoms with Gasteiger partial charge in [0.15, 0.2) is 5.82 Å². The van der Waals surface area contributed by atoms with Crippen LogP contribution in [0, 0.1) is 0 Å². The molecule has 0 aliphatic heterocycles. The van der Waals surface area contributed by atoms with Gasteiger partial charge in [0.1, 0.15) is 12.6 Å². The quantitative estimate of drug-likeness (QED) is 0.687. The van der Waals surface area contributed by atoms with Crippen LogP contribution in [0.5, 0.6) is 0 Å². The van der Waals surface area contributed by atoms with Gasteiger partial charge >= 0.3 is 0 Å². The molecule has 0 amide bonds. The van der Waals surface area contributed by atoms with Gasteiger partial charge in [-0.1, -0.05) is 0 Å². The summed E-state index contributed by atoms with van der Waals surface area (Å²) in [7, 11) is 1.64. The van der Waals surface area contributed by atoms with E-state index >= 15 is 0 Å². The van der Waals surface area contributed by atoms with Crippen LogP contribution in [0.3, 0.4) is 0 Å². The van der Waals surface area contributed by atoms with Crippen molar-refractivity contribution in [2.45, 2.75) is 4.90 Å². The second-order valence-corrected chi connectivity index (χ2v) is 4.89. The maximum Gasteiger partial charge on any atom is 0.178 e. The van der Waals surface area contributed by atoms with Gasteiger partial charge in [-0.15, -0.1) is 11.8 Å². The summed E-state index contributed by atoms with van der Waals surface area (Å²) in [5.41, 5.74) is 2.82. The van der Waals surface area contributed by atoms with Crippen molar-refractivity contribution in [3.05, 3.63) is 42.7 Å². The Balaban J connectivity index is 2.25. The van der Waals surface area contributed by atoms with E-state index in [1.165, 1.54) is 4.90 Å². The summed E-state index contributed by atoms with van der Waals surface area (Å²) < 4.78 is 1.73. The van der Waals surface area contributed by atoms with E-state index in [1.54, 1.807) is 36.0 Å². The van der Waals surface area contributed by atoms with Gasteiger partial charge in [-0.05, 0) is 36.6 Å². The minimum absolute atomic E-state index is 0.767. The van der Waals surface area contributed by atoms with E-state index in [0.717, 1.165) is 22.4 Å². The average Bonchev–Trinajstić information content (AvgIpc) is 2.85. The van der Waals surface area contributed by atoms with Crippen LogP contribution < -0.4 is 4.84 Å². The maximum absolute atomic E-state index is 5.45. The third kappa shape index (κ3) is 2.06. The summed E-state index contributed by atoms with van der Waals surface area (Å²) in [5, 5.41) is 0. The van der Waals surface area contributed by atoms with Crippen LogP contribution >= 0.6 is 11.8 Å². The summed E-state index contributed by atoms with van der Waals surface area (Å²) in [6.07, 6.45) is 5.58. The molecule has 0 unspecified atom stereocenters. The largest absolute Gasteiger partial charge is 0.415 e. The van der Waals surface area contributed by atoms with E-state index in [1.807, 2.05) is 18.2 Å². The molecule has 5 heteroatoms. The van der Waals surface area contributed by atoms with E-state index < -0.39 is 0 Å². The normalized spacial score (nSPS) is 10.8. The Morgan fingerprint density at radius 1 is 1.26 bits per heavy atom. The standard InChI is InChI=1S/C14H13N3OS/c1-18-17-13-6-5-11(19-2)8-12(13)16-14(17)10-4-3-7-15-9-10/h3-9H,1-2H3. The van der Waals surface area contributed by atoms with Gasteiger partial charge in [-0.2, -0.15) is 4.73 Å². The lowest BCUT2D eigenvalue weighted by Crippen LogP contribution is -2.07. The molecule has 0 spiro atoms. The molecular formula is C14H13N3OS. The molecule has 96 valence electrons. The number of aromatic nitrogens is 3. The topological polar surface area (TPSA) is 39.9 Å². The second kappa shape index (κ2) is 4.93. The summed E-state index contributed by atoms with van der Waals surface area (Å²) in [4.78, 5) is 15.4. The van der Waals surface area contributed by atoms with Gasteiger partial charge in [0, 0.05) is 22.9 Å². The smallest absolute Gasteiger partial charge is 0.178 e. The van der Waals surface area contributed by atoms with E-state index in [2.05, 4.69) is 28.4 Å². The third-order valence-corrected chi connectivity index (χ3v) is 3.65. The van der Waals surface area contributed by atoms with E-state index in [0.29, 0.717) is 0 Å². The Morgan fingerprint density at radius 3 is 2.84 bits per heavy atom. The number of benzene rings is 1. The first-order valence-electron chi connectivity index (χ1n) is 5.85. The summed E-state index contributed by atoms with van der Waals surface area (Å²) in [6, 6.07) is 10.0. The summed E-state index contributed by atoms with van der Waals surface area (Å²) in [5.74, 6) is 0.767. The molecule has 2 aromatic heterocycles. The highest BCUT2D eigenvalue weighted by molar-refractivity contribution is 7.98. The third-order valence-electron chi connectivity index (χ3n) is 2.92. The molecule has 0 saturated heterocycles. The molecule has 19 heavy (non-hydrogen) atoms. The van der Waals surface area contributed by atoms with Crippen molar-refractivity contribution in [1.82, 2.24) is 14.7 Å². The first-order chi connectivity index (χ1) is 9.33. The fraction of sp³-hybridized carbons (Fsp3) is 0.143. The molecule has 0 atom stereocenters. The van der Waals surface area contributed by atoms with Crippen molar-refractivity contribution < 1.29 is 4.84 Å². The highest BCUT2D eigenvalue weighted by Gasteiger charge is 2.13. The number of imidazole rings is 1. The SMILES string of the molecule is COn1c(-c2cccnc2)nc2cc(SC)ccc21. The van der Waals surface area contributed by atoms with Crippen LogP contribution in [0.15, 0.2) is 47.6 Å². The highest BCUT2D eigenvalue weighted by atomic mass is 32.2. The van der Waals surface area contributed by atoms with Crippen LogP contribution in [0.2, 0.25) is 0 Å². The Morgan fingerprint density at radius 2 is 2.16 bits per heavy atom. The van der Waals surface area contributed by atoms with Gasteiger partial charge < -0.3 is 4.84 Å². The van der Waals surface area contributed by atoms with E-state index in [4.69, 9.17) is 4.84 Å². The number of rotatable bonds is 3. The van der Waals surface area contributed by atoms with Crippen molar-refractivity contribution in [2.75, 3.05) is 13.4 Å². The minimum atomic E-state index is 0.767. The van der Waals surface area contributed by atoms with Crippen LogP contribution in [0.1, 0.15) is 0 Å². The maximum atomic E-state index is 5.45. The van der Waals surface area contributed by atoms with Crippen molar-refractivity contribution in [2.24, 2.45) is 0 Å². The Hall–Kier alpha value is -2.01. The van der Waals surface area contributed by atoms with Crippen LogP contribution in [0.4, 0.5) is 0 Å². The van der Waals surface area contributed by atoms with Crippen molar-refractivity contribution >= 4 is 22.8 Å². The fourth-order valence-electron chi connectivity index (χ4n) is 2.03. The minimum Gasteiger partial charge on any atom is -0.415 e. The molecular weight excluding hydrogens is 258 g/mol. The lowest BCUT2D eigenvalue weighted by molar-refractivity contribution is 0.182. The van der Waals surface area contributed by atoms with E-state index in [9.17, 15) is 0 Å². The van der Waals surface area contributed by atoms with Crippen LogP contribution in [0.25, 0.3) is 22.4 Å². The highest BCUT2D eigenvalue weighted by Crippen LogP contribution is 2.26. The molecule has 0 fully saturated rings. The second-order valence-electron chi connectivity index (χ2n) is 4.01. The van der Waals surface area contributed by atoms with Gasteiger partial charge in [0.2, 0.25) is 0 Å². The zero-order valence-corrected chi connectivity index (χ0v) is 11.5. The van der Waals surface area contributed by atoms with Crippen molar-refractivity contribution in [1.29, 1.82) is 0 Å². The van der Waals surface area contributed by atoms with Crippen LogP contribution in [-0.4, -0.2) is 28.1 Å². The molecule has 0 radical (unpaired) electrons. The molecule has 0 bridgehead atoms. The number of nitrogens with zero attached hydrogens (tertiary/aromatic N) is 3. The van der Waals surface area contributed by atoms with Crippen LogP contribution in [-0.2, 0) is 0 Å². The zero-order valence-electron chi connectivity index (χ0n) is 10.7. The first-order valence-corrected chi connectivity index (χ1v) is 7.07. The molecule has 3 aromatic rings. The predicted octanol–water partition coefficient (Wildman–Crippen LogP) is 2.88. The summed E-state index contributed by atoms with van der Waals surface area (Å²) >= 11 is 1.70. The fourth-order valence-corrected chi connectivity index (χ4v) is 2.46. The van der Waals surface area contributed by atoms with Gasteiger partial charge in [-0.3, -0.25) is 4.98 Å². The number of hydrogen-bond donors (Lipinski definition) is 0. The van der Waals surface area contributed by atoms with Crippen molar-refractivity contribution in [3.63, 3.8) is 0 Å². The Bertz CT molecular complexity index is 709. The lowest BCUT2D eigenvalue weighted by Gasteiger charge is -2.06. The summed E-state index contributed by atoms with van der Waals surface area (Å²) in [6.45, 7) is 0. The number of pyridine rings is 1. The van der Waals surface area contributed by atoms with Gasteiger partial charge in [0.05, 0.1) is 5.52 Å². The predicted molar refractivity (Wildman–Crippen MR) is 77.2 cm³/mol. The lowest BCUT2D eigenvalue weighted by atomic mass is 10.3. The average molecular weight is 271 g/mol. The molecule has 0 aliphatic rings. The Kier molecular flexibility index (Phi) is 3.13. The molecule has 1 aromatic carbocycles. The molecule has 0 N–H and O–H groups in total. The Labute approximate surface area is 115 Å². The zero-order chi connectivity index (χ0) is 13.2. The van der Waals surface area contributed by atoms with E-state index in [-0.39, 0.29) is 0 Å². The molecule has 0 aliphatic carbocycles. The monoisotopic (exact) mass is 271 g/mol. The molecule has 4 nitrogen and oxygen atoms in total. The van der Waals surface area contributed by atoms with Gasteiger partial charge in [0.25, 0.3) is 0 Å². The number of thioether (sulfide) groups is 1. The van der Waals surface area contributed by atoms with Crippen molar-refractivity contribution in [3.8, 4) is 11.4 Å². The number of hydrogen-bond acceptors (Lipinski definition) is 4. The first kappa shape index (κ1) is 12.0. The molecule has 0 saturated carbocycles. The number of fused-ring (bicyclic) bond motifs is 1. The molecule has 3 rings (SSSR count).